The van der Waals surface area contributed by atoms with E-state index < -0.39 is 0 Å². The van der Waals surface area contributed by atoms with Gasteiger partial charge in [-0.15, -0.1) is 0 Å². The standard InChI is InChI=1S/C29H26N4O2/c1-19-5-4-7-23(26-16-20-6-2-3-8-25(20)33(26)18-34)28(19)21-9-10-24-22(15-21)17-27(29(30)31-24)32-11-13-35-14-12-32/h2-10,15-18H,11-14H2,1H3,(H2,30,31). The van der Waals surface area contributed by atoms with E-state index >= 15 is 0 Å². The number of nitrogen functional groups attached to an aromatic ring is 1. The van der Waals surface area contributed by atoms with E-state index in [1.165, 1.54) is 0 Å². The summed E-state index contributed by atoms with van der Waals surface area (Å²) in [5.74, 6) is 0.541. The van der Waals surface area contributed by atoms with Crippen molar-refractivity contribution < 1.29 is 9.53 Å². The number of nitrogens with zero attached hydrogens (tertiary/aromatic N) is 3. The van der Waals surface area contributed by atoms with Gasteiger partial charge < -0.3 is 15.4 Å². The van der Waals surface area contributed by atoms with Gasteiger partial charge in [-0.25, -0.2) is 4.98 Å². The number of hydrogen-bond acceptors (Lipinski definition) is 5. The third-order valence-corrected chi connectivity index (χ3v) is 6.87. The van der Waals surface area contributed by atoms with Gasteiger partial charge in [0.1, 0.15) is 5.82 Å². The van der Waals surface area contributed by atoms with Crippen molar-refractivity contribution in [1.29, 1.82) is 0 Å². The van der Waals surface area contributed by atoms with Gasteiger partial charge in [-0.1, -0.05) is 42.5 Å². The maximum absolute atomic E-state index is 12.1. The molecule has 0 radical (unpaired) electrons. The second-order valence-electron chi connectivity index (χ2n) is 8.96. The maximum Gasteiger partial charge on any atom is 0.218 e. The van der Waals surface area contributed by atoms with Gasteiger partial charge in [-0.3, -0.25) is 9.36 Å². The Kier molecular flexibility index (Phi) is 5.23. The zero-order valence-electron chi connectivity index (χ0n) is 19.6. The van der Waals surface area contributed by atoms with Gasteiger partial charge >= 0.3 is 0 Å². The molecule has 3 heterocycles. The molecule has 3 aromatic carbocycles. The number of rotatable bonds is 4. The maximum atomic E-state index is 12.1. The summed E-state index contributed by atoms with van der Waals surface area (Å²) in [7, 11) is 0. The molecule has 5 aromatic rings. The lowest BCUT2D eigenvalue weighted by Crippen LogP contribution is -2.36. The van der Waals surface area contributed by atoms with Gasteiger partial charge in [0, 0.05) is 29.4 Å². The lowest BCUT2D eigenvalue weighted by atomic mass is 9.92. The van der Waals surface area contributed by atoms with Gasteiger partial charge in [0.15, 0.2) is 0 Å². The first-order valence-electron chi connectivity index (χ1n) is 11.8. The molecule has 1 aliphatic heterocycles. The molecule has 0 bridgehead atoms. The number of nitrogens with two attached hydrogens (primary N) is 1. The van der Waals surface area contributed by atoms with Crippen molar-refractivity contribution in [2.24, 2.45) is 0 Å². The van der Waals surface area contributed by atoms with Crippen molar-refractivity contribution in [3.05, 3.63) is 78.4 Å². The summed E-state index contributed by atoms with van der Waals surface area (Å²) in [5.41, 5.74) is 14.3. The van der Waals surface area contributed by atoms with E-state index in [4.69, 9.17) is 10.5 Å². The van der Waals surface area contributed by atoms with Crippen LogP contribution in [0.25, 0.3) is 44.2 Å². The molecule has 0 atom stereocenters. The zero-order chi connectivity index (χ0) is 23.9. The number of hydrogen-bond donors (Lipinski definition) is 1. The van der Waals surface area contributed by atoms with Crippen LogP contribution >= 0.6 is 0 Å². The number of pyridine rings is 1. The number of morpholine rings is 1. The summed E-state index contributed by atoms with van der Waals surface area (Å²) in [5, 5.41) is 2.07. The fourth-order valence-corrected chi connectivity index (χ4v) is 5.15. The number of benzene rings is 3. The lowest BCUT2D eigenvalue weighted by molar-refractivity contribution is 0.123. The molecule has 6 nitrogen and oxygen atoms in total. The first kappa shape index (κ1) is 21.4. The molecule has 174 valence electrons. The van der Waals surface area contributed by atoms with Crippen molar-refractivity contribution in [2.45, 2.75) is 6.92 Å². The minimum Gasteiger partial charge on any atom is -0.382 e. The number of para-hydroxylation sites is 1. The fraction of sp³-hybridized carbons (Fsp3) is 0.172. The van der Waals surface area contributed by atoms with Gasteiger partial charge in [0.2, 0.25) is 6.41 Å². The molecular formula is C29H26N4O2. The third kappa shape index (κ3) is 3.63. The molecule has 6 rings (SSSR count). The van der Waals surface area contributed by atoms with E-state index in [-0.39, 0.29) is 0 Å². The Hall–Kier alpha value is -4.16. The quantitative estimate of drug-likeness (QED) is 0.368. The van der Waals surface area contributed by atoms with Crippen LogP contribution in [0.3, 0.4) is 0 Å². The zero-order valence-corrected chi connectivity index (χ0v) is 19.6. The SMILES string of the molecule is Cc1cccc(-c2cc3ccccc3n2C=O)c1-c1ccc2nc(N)c(N3CCOCC3)cc2c1. The minimum atomic E-state index is 0.541. The van der Waals surface area contributed by atoms with Crippen LogP contribution in [0.15, 0.2) is 72.8 Å². The highest BCUT2D eigenvalue weighted by atomic mass is 16.5. The molecule has 0 unspecified atom stereocenters. The molecule has 35 heavy (non-hydrogen) atoms. The number of aryl methyl sites for hydroxylation is 1. The van der Waals surface area contributed by atoms with Crippen LogP contribution in [-0.2, 0) is 9.53 Å². The average molecular weight is 463 g/mol. The second kappa shape index (κ2) is 8.56. The summed E-state index contributed by atoms with van der Waals surface area (Å²) in [4.78, 5) is 19.1. The molecule has 0 amide bonds. The first-order valence-corrected chi connectivity index (χ1v) is 11.8. The van der Waals surface area contributed by atoms with Crippen LogP contribution < -0.4 is 10.6 Å². The molecule has 0 saturated carbocycles. The number of aromatic nitrogens is 2. The van der Waals surface area contributed by atoms with Gasteiger partial charge in [-0.05, 0) is 53.9 Å². The normalized spacial score (nSPS) is 14.0. The molecule has 1 aliphatic rings. The highest BCUT2D eigenvalue weighted by molar-refractivity contribution is 5.98. The van der Waals surface area contributed by atoms with Crippen LogP contribution in [0.5, 0.6) is 0 Å². The van der Waals surface area contributed by atoms with Crippen molar-refractivity contribution in [3.8, 4) is 22.4 Å². The molecule has 1 saturated heterocycles. The van der Waals surface area contributed by atoms with E-state index in [2.05, 4.69) is 53.2 Å². The topological polar surface area (TPSA) is 73.4 Å². The second-order valence-corrected chi connectivity index (χ2v) is 8.96. The number of carbonyl (C=O) groups is 1. The molecular weight excluding hydrogens is 436 g/mol. The number of carbonyl (C=O) groups excluding carboxylic acids is 1. The highest BCUT2D eigenvalue weighted by Gasteiger charge is 2.18. The van der Waals surface area contributed by atoms with Gasteiger partial charge in [-0.2, -0.15) is 0 Å². The van der Waals surface area contributed by atoms with Crippen LogP contribution in [0.1, 0.15) is 5.56 Å². The van der Waals surface area contributed by atoms with Crippen molar-refractivity contribution in [3.63, 3.8) is 0 Å². The van der Waals surface area contributed by atoms with E-state index in [9.17, 15) is 4.79 Å². The van der Waals surface area contributed by atoms with Crippen molar-refractivity contribution in [1.82, 2.24) is 9.55 Å². The van der Waals surface area contributed by atoms with E-state index in [0.717, 1.165) is 74.9 Å². The van der Waals surface area contributed by atoms with E-state index in [1.807, 2.05) is 36.4 Å². The monoisotopic (exact) mass is 462 g/mol. The molecule has 0 aliphatic carbocycles. The Bertz CT molecular complexity index is 1580. The first-order chi connectivity index (χ1) is 17.1. The number of fused-ring (bicyclic) bond motifs is 2. The van der Waals surface area contributed by atoms with Crippen LogP contribution in [0.2, 0.25) is 0 Å². The lowest BCUT2D eigenvalue weighted by Gasteiger charge is -2.29. The summed E-state index contributed by atoms with van der Waals surface area (Å²) < 4.78 is 7.23. The summed E-state index contributed by atoms with van der Waals surface area (Å²) in [6.45, 7) is 5.09. The predicted molar refractivity (Wildman–Crippen MR) is 142 cm³/mol. The van der Waals surface area contributed by atoms with Gasteiger partial charge in [0.25, 0.3) is 0 Å². The molecule has 6 heteroatoms. The van der Waals surface area contributed by atoms with Gasteiger partial charge in [0.05, 0.1) is 35.6 Å². The summed E-state index contributed by atoms with van der Waals surface area (Å²) in [6.07, 6.45) is 0.894. The average Bonchev–Trinajstić information content (AvgIpc) is 3.27. The Labute approximate surface area is 203 Å². The van der Waals surface area contributed by atoms with Crippen LogP contribution in [0, 0.1) is 6.92 Å². The van der Waals surface area contributed by atoms with E-state index in [0.29, 0.717) is 19.0 Å². The Balaban J connectivity index is 1.53. The number of ether oxygens (including phenoxy) is 1. The van der Waals surface area contributed by atoms with E-state index in [1.54, 1.807) is 4.57 Å². The van der Waals surface area contributed by atoms with Crippen LogP contribution in [0.4, 0.5) is 11.5 Å². The smallest absolute Gasteiger partial charge is 0.218 e. The molecule has 2 aromatic heterocycles. The Morgan fingerprint density at radius 3 is 2.60 bits per heavy atom. The largest absolute Gasteiger partial charge is 0.382 e. The third-order valence-electron chi connectivity index (χ3n) is 6.87. The highest BCUT2D eigenvalue weighted by Crippen LogP contribution is 2.38. The molecule has 1 fully saturated rings. The molecule has 0 spiro atoms. The fourth-order valence-electron chi connectivity index (χ4n) is 5.15. The minimum absolute atomic E-state index is 0.541. The van der Waals surface area contributed by atoms with Crippen LogP contribution in [-0.4, -0.2) is 42.3 Å². The Morgan fingerprint density at radius 1 is 0.943 bits per heavy atom. The predicted octanol–water partition coefficient (Wildman–Crippen LogP) is 5.29. The van der Waals surface area contributed by atoms with Crippen molar-refractivity contribution >= 4 is 39.7 Å². The number of anilines is 2. The Morgan fingerprint density at radius 2 is 1.77 bits per heavy atom. The summed E-state index contributed by atoms with van der Waals surface area (Å²) in [6, 6.07) is 24.7. The summed E-state index contributed by atoms with van der Waals surface area (Å²) >= 11 is 0. The molecule has 2 N–H and O–H groups in total. The van der Waals surface area contributed by atoms with Crippen molar-refractivity contribution in [2.75, 3.05) is 36.9 Å².